The molecule has 1 spiro atoms. The summed E-state index contributed by atoms with van der Waals surface area (Å²) in [4.78, 5) is 41.9. The molecule has 4 heterocycles. The number of amides is 3. The van der Waals surface area contributed by atoms with Gasteiger partial charge in [0.2, 0.25) is 17.7 Å². The van der Waals surface area contributed by atoms with Crippen LogP contribution in [0.15, 0.2) is 24.3 Å². The first-order valence-corrected chi connectivity index (χ1v) is 8.07. The Kier molecular flexibility index (Phi) is 2.30. The van der Waals surface area contributed by atoms with Crippen molar-refractivity contribution < 1.29 is 14.4 Å². The van der Waals surface area contributed by atoms with Crippen LogP contribution in [0.2, 0.25) is 0 Å². The number of hydrogen-bond acceptors (Lipinski definition) is 4. The van der Waals surface area contributed by atoms with Crippen LogP contribution in [-0.2, 0) is 19.9 Å². The Hall–Kier alpha value is -2.21. The lowest BCUT2D eigenvalue weighted by Crippen LogP contribution is -2.53. The fraction of sp³-hybridized carbons (Fsp3) is 0.471. The lowest BCUT2D eigenvalue weighted by Gasteiger charge is -2.36. The maximum absolute atomic E-state index is 13.1. The van der Waals surface area contributed by atoms with Crippen molar-refractivity contribution in [2.24, 2.45) is 11.8 Å². The number of anilines is 1. The standard InChI is InChI=1S/C17H17N3O3/c1-19-14(21)12-11-7-4-8-20(11)17(13(12)15(19)22)9-5-2-3-6-10(9)18-16(17)23/h2-3,5-6,11-13H,4,7-8H2,1H3,(H,18,23)/t11-,12+,13-,17-/m0/s1. The summed E-state index contributed by atoms with van der Waals surface area (Å²) in [5.74, 6) is -1.51. The fourth-order valence-electron chi connectivity index (χ4n) is 5.30. The molecule has 3 saturated heterocycles. The molecule has 0 radical (unpaired) electrons. The highest BCUT2D eigenvalue weighted by molar-refractivity contribution is 6.15. The van der Waals surface area contributed by atoms with Gasteiger partial charge in [-0.3, -0.25) is 24.2 Å². The number of para-hydroxylation sites is 1. The lowest BCUT2D eigenvalue weighted by atomic mass is 9.75. The van der Waals surface area contributed by atoms with Crippen LogP contribution < -0.4 is 5.32 Å². The maximum Gasteiger partial charge on any atom is 0.250 e. The van der Waals surface area contributed by atoms with Crippen LogP contribution in [0.4, 0.5) is 5.69 Å². The molecule has 3 amide bonds. The highest BCUT2D eigenvalue weighted by Crippen LogP contribution is 2.59. The van der Waals surface area contributed by atoms with E-state index in [2.05, 4.69) is 10.2 Å². The molecular weight excluding hydrogens is 294 g/mol. The van der Waals surface area contributed by atoms with Gasteiger partial charge in [-0.05, 0) is 25.5 Å². The van der Waals surface area contributed by atoms with Crippen molar-refractivity contribution in [1.82, 2.24) is 9.80 Å². The smallest absolute Gasteiger partial charge is 0.250 e. The third kappa shape index (κ3) is 1.25. The molecule has 4 aliphatic rings. The largest absolute Gasteiger partial charge is 0.324 e. The monoisotopic (exact) mass is 311 g/mol. The highest BCUT2D eigenvalue weighted by atomic mass is 16.2. The van der Waals surface area contributed by atoms with Crippen molar-refractivity contribution in [3.63, 3.8) is 0 Å². The van der Waals surface area contributed by atoms with Gasteiger partial charge in [0.1, 0.15) is 5.54 Å². The van der Waals surface area contributed by atoms with Crippen LogP contribution in [0.25, 0.3) is 0 Å². The molecule has 5 rings (SSSR count). The number of imide groups is 1. The summed E-state index contributed by atoms with van der Waals surface area (Å²) in [6.07, 6.45) is 1.82. The van der Waals surface area contributed by atoms with E-state index < -0.39 is 17.4 Å². The predicted molar refractivity (Wildman–Crippen MR) is 81.2 cm³/mol. The number of benzene rings is 1. The summed E-state index contributed by atoms with van der Waals surface area (Å²) in [6, 6.07) is 7.54. The average Bonchev–Trinajstić information content (AvgIpc) is 3.23. The van der Waals surface area contributed by atoms with E-state index in [0.29, 0.717) is 0 Å². The summed E-state index contributed by atoms with van der Waals surface area (Å²) in [6.45, 7) is 0.754. The summed E-state index contributed by atoms with van der Waals surface area (Å²) in [5.41, 5.74) is 0.597. The second-order valence-electron chi connectivity index (χ2n) is 6.91. The van der Waals surface area contributed by atoms with Crippen molar-refractivity contribution in [2.75, 3.05) is 18.9 Å². The number of likely N-dealkylation sites (tertiary alicyclic amines) is 1. The van der Waals surface area contributed by atoms with Crippen molar-refractivity contribution in [2.45, 2.75) is 24.4 Å². The summed E-state index contributed by atoms with van der Waals surface area (Å²) < 4.78 is 0. The van der Waals surface area contributed by atoms with Crippen LogP contribution >= 0.6 is 0 Å². The molecule has 0 unspecified atom stereocenters. The van der Waals surface area contributed by atoms with Crippen molar-refractivity contribution >= 4 is 23.4 Å². The Bertz CT molecular complexity index is 776. The van der Waals surface area contributed by atoms with Crippen LogP contribution in [0, 0.1) is 11.8 Å². The Labute approximate surface area is 133 Å². The molecule has 23 heavy (non-hydrogen) atoms. The van der Waals surface area contributed by atoms with Crippen LogP contribution in [-0.4, -0.2) is 47.2 Å². The van der Waals surface area contributed by atoms with E-state index in [1.54, 1.807) is 0 Å². The molecular formula is C17H17N3O3. The van der Waals surface area contributed by atoms with Crippen LogP contribution in [0.5, 0.6) is 0 Å². The summed E-state index contributed by atoms with van der Waals surface area (Å²) in [7, 11) is 1.54. The van der Waals surface area contributed by atoms with Crippen molar-refractivity contribution in [3.05, 3.63) is 29.8 Å². The normalized spacial score (nSPS) is 38.2. The van der Waals surface area contributed by atoms with E-state index in [0.717, 1.165) is 30.6 Å². The molecule has 0 saturated carbocycles. The molecule has 1 aromatic carbocycles. The number of carbonyl (C=O) groups excluding carboxylic acids is 3. The SMILES string of the molecule is CN1C(=O)[C@H]2[C@@H](C1=O)[C@@]1(C(=O)Nc3ccccc31)N1CCC[C@@H]21. The summed E-state index contributed by atoms with van der Waals surface area (Å²) >= 11 is 0. The molecule has 1 aromatic rings. The van der Waals surface area contributed by atoms with Gasteiger partial charge in [0, 0.05) is 24.3 Å². The molecule has 1 N–H and O–H groups in total. The van der Waals surface area contributed by atoms with Crippen molar-refractivity contribution in [3.8, 4) is 0 Å². The van der Waals surface area contributed by atoms with Gasteiger partial charge in [0.25, 0.3) is 0 Å². The molecule has 6 heteroatoms. The minimum Gasteiger partial charge on any atom is -0.324 e. The van der Waals surface area contributed by atoms with Crippen LogP contribution in [0.1, 0.15) is 18.4 Å². The van der Waals surface area contributed by atoms with E-state index in [4.69, 9.17) is 0 Å². The van der Waals surface area contributed by atoms with Crippen LogP contribution in [0.3, 0.4) is 0 Å². The van der Waals surface area contributed by atoms with Gasteiger partial charge in [0.05, 0.1) is 11.8 Å². The van der Waals surface area contributed by atoms with Gasteiger partial charge in [0.15, 0.2) is 0 Å². The predicted octanol–water partition coefficient (Wildman–Crippen LogP) is 0.543. The lowest BCUT2D eigenvalue weighted by molar-refractivity contribution is -0.144. The Balaban J connectivity index is 1.80. The molecule has 4 aliphatic heterocycles. The summed E-state index contributed by atoms with van der Waals surface area (Å²) in [5, 5.41) is 2.94. The van der Waals surface area contributed by atoms with Crippen molar-refractivity contribution in [1.29, 1.82) is 0 Å². The van der Waals surface area contributed by atoms with E-state index in [1.807, 2.05) is 24.3 Å². The third-order valence-corrected chi connectivity index (χ3v) is 6.12. The van der Waals surface area contributed by atoms with Gasteiger partial charge in [-0.2, -0.15) is 0 Å². The number of nitrogens with zero attached hydrogens (tertiary/aromatic N) is 2. The molecule has 0 aliphatic carbocycles. The first-order chi connectivity index (χ1) is 11.1. The van der Waals surface area contributed by atoms with E-state index >= 15 is 0 Å². The van der Waals surface area contributed by atoms with E-state index in [-0.39, 0.29) is 23.8 Å². The first-order valence-electron chi connectivity index (χ1n) is 8.07. The second kappa shape index (κ2) is 4.00. The number of fused-ring (bicyclic) bond motifs is 7. The van der Waals surface area contributed by atoms with Gasteiger partial charge < -0.3 is 5.32 Å². The second-order valence-corrected chi connectivity index (χ2v) is 6.91. The maximum atomic E-state index is 13.1. The fourth-order valence-corrected chi connectivity index (χ4v) is 5.30. The van der Waals surface area contributed by atoms with Gasteiger partial charge in [-0.1, -0.05) is 18.2 Å². The topological polar surface area (TPSA) is 69.7 Å². The molecule has 0 bridgehead atoms. The van der Waals surface area contributed by atoms with E-state index in [9.17, 15) is 14.4 Å². The molecule has 4 atom stereocenters. The molecule has 0 aromatic heterocycles. The highest BCUT2D eigenvalue weighted by Gasteiger charge is 2.74. The Morgan fingerprint density at radius 1 is 1.17 bits per heavy atom. The number of nitrogens with one attached hydrogen (secondary N) is 1. The zero-order valence-corrected chi connectivity index (χ0v) is 12.8. The molecule has 118 valence electrons. The first kappa shape index (κ1) is 13.2. The number of carbonyl (C=O) groups is 3. The van der Waals surface area contributed by atoms with Gasteiger partial charge in [-0.15, -0.1) is 0 Å². The third-order valence-electron chi connectivity index (χ3n) is 6.12. The van der Waals surface area contributed by atoms with E-state index in [1.165, 1.54) is 11.9 Å². The number of hydrogen-bond donors (Lipinski definition) is 1. The molecule has 3 fully saturated rings. The van der Waals surface area contributed by atoms with Gasteiger partial charge in [-0.25, -0.2) is 0 Å². The minimum absolute atomic E-state index is 0.0155. The van der Waals surface area contributed by atoms with Gasteiger partial charge >= 0.3 is 0 Å². The zero-order chi connectivity index (χ0) is 15.9. The molecule has 6 nitrogen and oxygen atoms in total. The average molecular weight is 311 g/mol. The zero-order valence-electron chi connectivity index (χ0n) is 12.8. The Morgan fingerprint density at radius 2 is 1.96 bits per heavy atom. The minimum atomic E-state index is -1.01. The quantitative estimate of drug-likeness (QED) is 0.710. The number of rotatable bonds is 0. The Morgan fingerprint density at radius 3 is 2.78 bits per heavy atom.